The second-order valence-electron chi connectivity index (χ2n) is 7.38. The van der Waals surface area contributed by atoms with Crippen LogP contribution in [0.5, 0.6) is 0 Å². The number of carbonyl (C=O) groups is 1. The molecule has 0 aliphatic carbocycles. The van der Waals surface area contributed by atoms with E-state index in [9.17, 15) is 9.18 Å². The van der Waals surface area contributed by atoms with Gasteiger partial charge in [-0.2, -0.15) is 0 Å². The van der Waals surface area contributed by atoms with Gasteiger partial charge in [-0.3, -0.25) is 4.79 Å². The molecule has 0 saturated carbocycles. The molecular weight excluding hydrogens is 371 g/mol. The average molecular weight is 394 g/mol. The molecule has 2 aromatic heterocycles. The molecule has 1 aromatic carbocycles. The third kappa shape index (κ3) is 4.26. The lowest BCUT2D eigenvalue weighted by atomic mass is 9.73. The Morgan fingerprint density at radius 1 is 1.17 bits per heavy atom. The third-order valence-electron chi connectivity index (χ3n) is 5.28. The van der Waals surface area contributed by atoms with Gasteiger partial charge in [0.25, 0.3) is 0 Å². The Hall–Kier alpha value is -3.29. The van der Waals surface area contributed by atoms with Gasteiger partial charge in [-0.1, -0.05) is 18.2 Å². The number of aryl methyl sites for hydroxylation is 1. The Kier molecular flexibility index (Phi) is 5.50. The smallest absolute Gasteiger partial charge is 0.230 e. The van der Waals surface area contributed by atoms with E-state index in [2.05, 4.69) is 20.3 Å². The van der Waals surface area contributed by atoms with Gasteiger partial charge in [-0.15, -0.1) is 0 Å². The van der Waals surface area contributed by atoms with Crippen molar-refractivity contribution in [3.05, 3.63) is 73.0 Å². The molecule has 1 amide bonds. The van der Waals surface area contributed by atoms with E-state index >= 15 is 0 Å². The maximum Gasteiger partial charge on any atom is 0.230 e. The zero-order valence-corrected chi connectivity index (χ0v) is 16.0. The van der Waals surface area contributed by atoms with E-state index in [1.165, 1.54) is 12.4 Å². The largest absolute Gasteiger partial charge is 0.355 e. The van der Waals surface area contributed by atoms with E-state index in [1.807, 2.05) is 21.7 Å². The molecule has 1 fully saturated rings. The average Bonchev–Trinajstić information content (AvgIpc) is 3.23. The molecule has 1 aliphatic heterocycles. The van der Waals surface area contributed by atoms with Crippen LogP contribution in [0.4, 0.5) is 10.2 Å². The van der Waals surface area contributed by atoms with Crippen molar-refractivity contribution in [2.75, 3.05) is 24.5 Å². The predicted octanol–water partition coefficient (Wildman–Crippen LogP) is 2.07. The quantitative estimate of drug-likeness (QED) is 0.592. The number of anilines is 1. The van der Waals surface area contributed by atoms with Gasteiger partial charge in [0.15, 0.2) is 0 Å². The second kappa shape index (κ2) is 8.38. The molecule has 8 heteroatoms. The van der Waals surface area contributed by atoms with E-state index in [0.717, 1.165) is 18.8 Å². The number of halogens is 1. The van der Waals surface area contributed by atoms with Gasteiger partial charge in [-0.05, 0) is 30.5 Å². The van der Waals surface area contributed by atoms with Crippen LogP contribution in [-0.2, 0) is 17.8 Å². The Labute approximate surface area is 168 Å². The lowest BCUT2D eigenvalue weighted by Crippen LogP contribution is -2.64. The van der Waals surface area contributed by atoms with Crippen LogP contribution in [-0.4, -0.2) is 45.1 Å². The predicted molar refractivity (Wildman–Crippen MR) is 107 cm³/mol. The number of carbonyl (C=O) groups excluding carboxylic acids is 1. The van der Waals surface area contributed by atoms with E-state index in [1.54, 1.807) is 36.9 Å². The van der Waals surface area contributed by atoms with Crippen LogP contribution >= 0.6 is 0 Å². The summed E-state index contributed by atoms with van der Waals surface area (Å²) in [6, 6.07) is 8.46. The summed E-state index contributed by atoms with van der Waals surface area (Å²) in [6.07, 6.45) is 9.71. The highest BCUT2D eigenvalue weighted by Gasteiger charge is 2.49. The number of benzene rings is 1. The number of nitrogens with zero attached hydrogens (tertiary/aromatic N) is 5. The monoisotopic (exact) mass is 394 g/mol. The Bertz CT molecular complexity index is 941. The van der Waals surface area contributed by atoms with Gasteiger partial charge < -0.3 is 14.8 Å². The summed E-state index contributed by atoms with van der Waals surface area (Å²) in [6.45, 7) is 2.33. The molecule has 150 valence electrons. The highest BCUT2D eigenvalue weighted by atomic mass is 19.1. The van der Waals surface area contributed by atoms with E-state index in [0.29, 0.717) is 31.6 Å². The van der Waals surface area contributed by atoms with Gasteiger partial charge in [0.1, 0.15) is 18.0 Å². The number of aromatic nitrogens is 4. The first-order valence-electron chi connectivity index (χ1n) is 9.65. The van der Waals surface area contributed by atoms with Crippen molar-refractivity contribution in [2.24, 2.45) is 5.41 Å². The molecule has 7 nitrogen and oxygen atoms in total. The Morgan fingerprint density at radius 3 is 2.76 bits per heavy atom. The van der Waals surface area contributed by atoms with Gasteiger partial charge in [0, 0.05) is 44.8 Å². The zero-order chi connectivity index (χ0) is 20.1. The summed E-state index contributed by atoms with van der Waals surface area (Å²) < 4.78 is 16.2. The first kappa shape index (κ1) is 19.0. The van der Waals surface area contributed by atoms with E-state index < -0.39 is 5.41 Å². The summed E-state index contributed by atoms with van der Waals surface area (Å²) >= 11 is 0. The second-order valence-corrected chi connectivity index (χ2v) is 7.38. The van der Waals surface area contributed by atoms with Gasteiger partial charge in [0.2, 0.25) is 5.91 Å². The molecule has 3 heterocycles. The van der Waals surface area contributed by atoms with Crippen molar-refractivity contribution in [2.45, 2.75) is 19.4 Å². The molecule has 0 unspecified atom stereocenters. The molecule has 1 aliphatic rings. The number of hydrogen-bond acceptors (Lipinski definition) is 5. The highest BCUT2D eigenvalue weighted by Crippen LogP contribution is 2.37. The van der Waals surface area contributed by atoms with E-state index in [4.69, 9.17) is 0 Å². The molecule has 0 spiro atoms. The lowest BCUT2D eigenvalue weighted by Gasteiger charge is -2.49. The van der Waals surface area contributed by atoms with Gasteiger partial charge >= 0.3 is 0 Å². The fraction of sp³-hybridized carbons (Fsp3) is 0.333. The minimum Gasteiger partial charge on any atom is -0.355 e. The number of rotatable bonds is 8. The van der Waals surface area contributed by atoms with Crippen LogP contribution in [0.1, 0.15) is 12.0 Å². The van der Waals surface area contributed by atoms with Crippen LogP contribution in [0.25, 0.3) is 0 Å². The number of amides is 1. The summed E-state index contributed by atoms with van der Waals surface area (Å²) in [4.78, 5) is 27.3. The van der Waals surface area contributed by atoms with Crippen molar-refractivity contribution in [3.63, 3.8) is 0 Å². The SMILES string of the molecule is O=C(NCCCn1ccnc1)C1(Cc2ccccc2F)CN(c2ccncn2)C1. The maximum absolute atomic E-state index is 14.3. The van der Waals surface area contributed by atoms with Crippen LogP contribution in [0.2, 0.25) is 0 Å². The highest BCUT2D eigenvalue weighted by molar-refractivity contribution is 5.86. The van der Waals surface area contributed by atoms with Crippen molar-refractivity contribution in [1.82, 2.24) is 24.8 Å². The standard InChI is InChI=1S/C21H23FN6O/c22-18-5-2-1-4-17(18)12-21(13-28(14-21)19-6-8-23-15-26-19)20(29)25-7-3-10-27-11-9-24-16-27/h1-2,4-6,8-9,11,15-16H,3,7,10,12-14H2,(H,25,29). The Balaban J connectivity index is 1.42. The lowest BCUT2D eigenvalue weighted by molar-refractivity contribution is -0.132. The van der Waals surface area contributed by atoms with Crippen LogP contribution in [0.3, 0.4) is 0 Å². The maximum atomic E-state index is 14.3. The fourth-order valence-corrected chi connectivity index (χ4v) is 3.73. The van der Waals surface area contributed by atoms with Crippen molar-refractivity contribution < 1.29 is 9.18 Å². The number of nitrogens with one attached hydrogen (secondary N) is 1. The molecule has 1 saturated heterocycles. The minimum absolute atomic E-state index is 0.0447. The van der Waals surface area contributed by atoms with Crippen molar-refractivity contribution in [3.8, 4) is 0 Å². The molecule has 0 bridgehead atoms. The first-order chi connectivity index (χ1) is 14.2. The van der Waals surface area contributed by atoms with Crippen molar-refractivity contribution in [1.29, 1.82) is 0 Å². The van der Waals surface area contributed by atoms with Crippen LogP contribution < -0.4 is 10.2 Å². The van der Waals surface area contributed by atoms with E-state index in [-0.39, 0.29) is 11.7 Å². The molecule has 4 rings (SSSR count). The van der Waals surface area contributed by atoms with Crippen molar-refractivity contribution >= 4 is 11.7 Å². The van der Waals surface area contributed by atoms with Gasteiger partial charge in [-0.25, -0.2) is 19.3 Å². The fourth-order valence-electron chi connectivity index (χ4n) is 3.73. The molecule has 29 heavy (non-hydrogen) atoms. The molecule has 0 radical (unpaired) electrons. The zero-order valence-electron chi connectivity index (χ0n) is 16.0. The van der Waals surface area contributed by atoms with Gasteiger partial charge in [0.05, 0.1) is 11.7 Å². The summed E-state index contributed by atoms with van der Waals surface area (Å²) in [5, 5.41) is 3.05. The molecule has 0 atom stereocenters. The summed E-state index contributed by atoms with van der Waals surface area (Å²) in [7, 11) is 0. The summed E-state index contributed by atoms with van der Waals surface area (Å²) in [5.74, 6) is 0.453. The molecule has 1 N–H and O–H groups in total. The minimum atomic E-state index is -0.678. The van der Waals surface area contributed by atoms with Crippen LogP contribution in [0, 0.1) is 11.2 Å². The summed E-state index contributed by atoms with van der Waals surface area (Å²) in [5.41, 5.74) is -0.120. The topological polar surface area (TPSA) is 75.9 Å². The number of hydrogen-bond donors (Lipinski definition) is 1. The Morgan fingerprint density at radius 2 is 2.03 bits per heavy atom. The number of imidazole rings is 1. The third-order valence-corrected chi connectivity index (χ3v) is 5.28. The normalized spacial score (nSPS) is 15.0. The first-order valence-corrected chi connectivity index (χ1v) is 9.65. The molecular formula is C21H23FN6O. The van der Waals surface area contributed by atoms with Crippen LogP contribution in [0.15, 0.2) is 61.6 Å². The molecule has 3 aromatic rings.